The predicted octanol–water partition coefficient (Wildman–Crippen LogP) is 1.21. The largest absolute Gasteiger partial charge is 0.473 e. The standard InChI is InChI=1S/C7H6F3N3O3/c8-7(9,10)6-11-1-5(13(14)15)12(6)2-4-3-16-4/h1,4H,2-3H2/t4-/m1/s1. The Hall–Kier alpha value is -1.64. The first-order valence-corrected chi connectivity index (χ1v) is 4.28. The highest BCUT2D eigenvalue weighted by atomic mass is 19.4. The van der Waals surface area contributed by atoms with Crippen molar-refractivity contribution < 1.29 is 22.8 Å². The van der Waals surface area contributed by atoms with Crippen molar-refractivity contribution in [3.63, 3.8) is 0 Å². The molecule has 1 aromatic heterocycles. The molecule has 88 valence electrons. The third-order valence-corrected chi connectivity index (χ3v) is 2.06. The Bertz CT molecular complexity index is 424. The van der Waals surface area contributed by atoms with Crippen LogP contribution in [0, 0.1) is 10.1 Å². The summed E-state index contributed by atoms with van der Waals surface area (Å²) in [5, 5.41) is 10.5. The molecule has 1 saturated heterocycles. The van der Waals surface area contributed by atoms with Gasteiger partial charge in [-0.3, -0.25) is 0 Å². The van der Waals surface area contributed by atoms with Crippen LogP contribution in [-0.2, 0) is 17.5 Å². The Kier molecular flexibility index (Phi) is 2.34. The van der Waals surface area contributed by atoms with E-state index in [-0.39, 0.29) is 6.54 Å². The van der Waals surface area contributed by atoms with Crippen LogP contribution in [0.2, 0.25) is 0 Å². The molecule has 0 unspecified atom stereocenters. The Morgan fingerprint density at radius 2 is 2.31 bits per heavy atom. The van der Waals surface area contributed by atoms with Gasteiger partial charge in [0.05, 0.1) is 6.61 Å². The van der Waals surface area contributed by atoms with Crippen molar-refractivity contribution in [2.45, 2.75) is 18.8 Å². The van der Waals surface area contributed by atoms with Gasteiger partial charge in [-0.2, -0.15) is 17.7 Å². The number of alkyl halides is 3. The fourth-order valence-corrected chi connectivity index (χ4v) is 1.30. The average Bonchev–Trinajstić information content (AvgIpc) is 2.80. The second-order valence-electron chi connectivity index (χ2n) is 3.26. The molecule has 1 aliphatic rings. The van der Waals surface area contributed by atoms with Crippen molar-refractivity contribution in [3.05, 3.63) is 22.1 Å². The van der Waals surface area contributed by atoms with E-state index in [2.05, 4.69) is 4.98 Å². The lowest BCUT2D eigenvalue weighted by Gasteiger charge is -2.05. The Morgan fingerprint density at radius 3 is 2.75 bits per heavy atom. The van der Waals surface area contributed by atoms with Gasteiger partial charge in [-0.25, -0.2) is 4.98 Å². The first-order chi connectivity index (χ1) is 7.39. The molecule has 1 aromatic rings. The minimum atomic E-state index is -4.71. The van der Waals surface area contributed by atoms with E-state index in [4.69, 9.17) is 4.74 Å². The number of ether oxygens (including phenoxy) is 1. The summed E-state index contributed by atoms with van der Waals surface area (Å²) in [6.07, 6.45) is -4.50. The molecule has 0 N–H and O–H groups in total. The maximum Gasteiger partial charge on any atom is 0.473 e. The zero-order chi connectivity index (χ0) is 11.9. The fraction of sp³-hybridized carbons (Fsp3) is 0.571. The van der Waals surface area contributed by atoms with E-state index < -0.39 is 28.8 Å². The van der Waals surface area contributed by atoms with E-state index in [9.17, 15) is 23.3 Å². The van der Waals surface area contributed by atoms with Crippen LogP contribution in [-0.4, -0.2) is 27.2 Å². The second-order valence-corrected chi connectivity index (χ2v) is 3.26. The number of epoxide rings is 1. The van der Waals surface area contributed by atoms with E-state index in [1.54, 1.807) is 0 Å². The van der Waals surface area contributed by atoms with Crippen LogP contribution >= 0.6 is 0 Å². The number of nitro groups is 1. The number of aromatic nitrogens is 2. The molecule has 0 saturated carbocycles. The molecular weight excluding hydrogens is 231 g/mol. The number of rotatable bonds is 3. The zero-order valence-corrected chi connectivity index (χ0v) is 7.77. The quantitative estimate of drug-likeness (QED) is 0.450. The minimum absolute atomic E-state index is 0.203. The maximum absolute atomic E-state index is 12.4. The van der Waals surface area contributed by atoms with Gasteiger partial charge in [-0.15, -0.1) is 0 Å². The molecule has 2 rings (SSSR count). The molecule has 1 atom stereocenters. The van der Waals surface area contributed by atoms with Gasteiger partial charge in [-0.05, 0) is 4.92 Å². The van der Waals surface area contributed by atoms with Crippen LogP contribution < -0.4 is 0 Å². The lowest BCUT2D eigenvalue weighted by atomic mass is 10.4. The third kappa shape index (κ3) is 1.98. The monoisotopic (exact) mass is 237 g/mol. The molecule has 0 radical (unpaired) electrons. The molecule has 9 heteroatoms. The summed E-state index contributed by atoms with van der Waals surface area (Å²) in [6.45, 7) is 0.109. The number of hydrogen-bond donors (Lipinski definition) is 0. The summed E-state index contributed by atoms with van der Waals surface area (Å²) in [5.74, 6) is -1.95. The first kappa shape index (κ1) is 10.9. The smallest absolute Gasteiger partial charge is 0.369 e. The van der Waals surface area contributed by atoms with Gasteiger partial charge in [0.25, 0.3) is 0 Å². The number of imidazole rings is 1. The molecule has 2 heterocycles. The number of halogens is 3. The summed E-state index contributed by atoms with van der Waals surface area (Å²) in [4.78, 5) is 12.6. The molecule has 0 aromatic carbocycles. The predicted molar refractivity (Wildman–Crippen MR) is 43.6 cm³/mol. The second kappa shape index (κ2) is 3.44. The van der Waals surface area contributed by atoms with Gasteiger partial charge in [0.15, 0.2) is 0 Å². The summed E-state index contributed by atoms with van der Waals surface area (Å²) in [6, 6.07) is 0. The van der Waals surface area contributed by atoms with Crippen molar-refractivity contribution in [2.75, 3.05) is 6.61 Å². The van der Waals surface area contributed by atoms with Crippen LogP contribution in [0.3, 0.4) is 0 Å². The molecule has 1 fully saturated rings. The summed E-state index contributed by atoms with van der Waals surface area (Å²) in [5.41, 5.74) is 0. The Balaban J connectivity index is 2.40. The fourth-order valence-electron chi connectivity index (χ4n) is 1.30. The van der Waals surface area contributed by atoms with Crippen molar-refractivity contribution >= 4 is 5.82 Å². The van der Waals surface area contributed by atoms with Gasteiger partial charge in [0, 0.05) is 0 Å². The lowest BCUT2D eigenvalue weighted by Crippen LogP contribution is -2.18. The summed E-state index contributed by atoms with van der Waals surface area (Å²) in [7, 11) is 0. The Morgan fingerprint density at radius 1 is 1.69 bits per heavy atom. The minimum Gasteiger partial charge on any atom is -0.369 e. The van der Waals surface area contributed by atoms with Gasteiger partial charge in [0.2, 0.25) is 0 Å². The highest BCUT2D eigenvalue weighted by Crippen LogP contribution is 2.32. The summed E-state index contributed by atoms with van der Waals surface area (Å²) < 4.78 is 42.6. The highest BCUT2D eigenvalue weighted by molar-refractivity contribution is 5.21. The van der Waals surface area contributed by atoms with Gasteiger partial charge >= 0.3 is 17.8 Å². The molecule has 16 heavy (non-hydrogen) atoms. The van der Waals surface area contributed by atoms with E-state index in [1.807, 2.05) is 0 Å². The van der Waals surface area contributed by atoms with Crippen molar-refractivity contribution in [2.24, 2.45) is 0 Å². The van der Waals surface area contributed by atoms with Gasteiger partial charge < -0.3 is 14.9 Å². The van der Waals surface area contributed by atoms with Crippen molar-refractivity contribution in [1.82, 2.24) is 9.55 Å². The van der Waals surface area contributed by atoms with Crippen LogP contribution in [0.4, 0.5) is 19.0 Å². The third-order valence-electron chi connectivity index (χ3n) is 2.06. The number of hydrogen-bond acceptors (Lipinski definition) is 4. The maximum atomic E-state index is 12.4. The number of nitrogens with zero attached hydrogens (tertiary/aromatic N) is 3. The van der Waals surface area contributed by atoms with Crippen LogP contribution in [0.5, 0.6) is 0 Å². The van der Waals surface area contributed by atoms with Crippen molar-refractivity contribution in [3.8, 4) is 0 Å². The zero-order valence-electron chi connectivity index (χ0n) is 7.77. The Labute approximate surface area is 86.8 Å². The van der Waals surface area contributed by atoms with E-state index in [0.29, 0.717) is 17.4 Å². The molecule has 0 bridgehead atoms. The molecule has 0 amide bonds. The normalized spacial score (nSPS) is 19.8. The van der Waals surface area contributed by atoms with Crippen molar-refractivity contribution in [1.29, 1.82) is 0 Å². The first-order valence-electron chi connectivity index (χ1n) is 4.28. The van der Waals surface area contributed by atoms with E-state index in [1.165, 1.54) is 0 Å². The molecule has 0 aliphatic carbocycles. The van der Waals surface area contributed by atoms with E-state index >= 15 is 0 Å². The molecular formula is C7H6F3N3O3. The topological polar surface area (TPSA) is 73.5 Å². The lowest BCUT2D eigenvalue weighted by molar-refractivity contribution is -0.392. The summed E-state index contributed by atoms with van der Waals surface area (Å²) >= 11 is 0. The molecule has 0 spiro atoms. The molecule has 6 nitrogen and oxygen atoms in total. The SMILES string of the molecule is O=[N+]([O-])c1cnc(C(F)(F)F)n1C[C@@H]1CO1. The van der Waals surface area contributed by atoms with Gasteiger partial charge in [0.1, 0.15) is 18.8 Å². The highest BCUT2D eigenvalue weighted by Gasteiger charge is 2.44. The van der Waals surface area contributed by atoms with Crippen LogP contribution in [0.25, 0.3) is 0 Å². The molecule has 1 aliphatic heterocycles. The van der Waals surface area contributed by atoms with Crippen LogP contribution in [0.1, 0.15) is 5.82 Å². The van der Waals surface area contributed by atoms with E-state index in [0.717, 1.165) is 0 Å². The van der Waals surface area contributed by atoms with Crippen LogP contribution in [0.15, 0.2) is 6.20 Å². The average molecular weight is 237 g/mol. The van der Waals surface area contributed by atoms with Gasteiger partial charge in [-0.1, -0.05) is 0 Å².